The average Bonchev–Trinajstić information content (AvgIpc) is 3.11. The van der Waals surface area contributed by atoms with Crippen molar-refractivity contribution in [1.82, 2.24) is 14.8 Å². The van der Waals surface area contributed by atoms with Gasteiger partial charge in [-0.3, -0.25) is 4.79 Å². The summed E-state index contributed by atoms with van der Waals surface area (Å²) < 4.78 is 41.9. The quantitative estimate of drug-likeness (QED) is 0.725. The van der Waals surface area contributed by atoms with Crippen LogP contribution in [0.2, 0.25) is 0 Å². The van der Waals surface area contributed by atoms with E-state index in [1.165, 1.54) is 35.3 Å². The number of nitrogens with zero attached hydrogens (tertiary/aromatic N) is 3. The molecule has 1 N–H and O–H groups in total. The van der Waals surface area contributed by atoms with Crippen molar-refractivity contribution in [3.63, 3.8) is 0 Å². The highest BCUT2D eigenvalue weighted by Gasteiger charge is 2.30. The number of halogens is 3. The molecule has 27 heavy (non-hydrogen) atoms. The fourth-order valence-electron chi connectivity index (χ4n) is 2.27. The minimum Gasteiger partial charge on any atom is -0.406 e. The van der Waals surface area contributed by atoms with Crippen molar-refractivity contribution in [1.29, 1.82) is 0 Å². The highest BCUT2D eigenvalue weighted by atomic mass is 19.4. The maximum Gasteiger partial charge on any atom is 0.573 e. The number of hydrogen-bond donors (Lipinski definition) is 1. The lowest BCUT2D eigenvalue weighted by Crippen LogP contribution is -2.17. The number of nitrogens with one attached hydrogen (secondary N) is 1. The van der Waals surface area contributed by atoms with E-state index < -0.39 is 6.36 Å². The van der Waals surface area contributed by atoms with Gasteiger partial charge in [0.05, 0.1) is 5.69 Å². The van der Waals surface area contributed by atoms with E-state index in [0.717, 1.165) is 5.56 Å². The van der Waals surface area contributed by atoms with Crippen LogP contribution in [0.4, 0.5) is 18.9 Å². The van der Waals surface area contributed by atoms with Crippen molar-refractivity contribution in [2.24, 2.45) is 0 Å². The molecule has 2 aromatic carbocycles. The van der Waals surface area contributed by atoms with E-state index in [2.05, 4.69) is 20.1 Å². The zero-order valence-corrected chi connectivity index (χ0v) is 14.2. The fourth-order valence-corrected chi connectivity index (χ4v) is 2.27. The summed E-state index contributed by atoms with van der Waals surface area (Å²) in [6.45, 7) is 1.77. The lowest BCUT2D eigenvalue weighted by atomic mass is 10.2. The largest absolute Gasteiger partial charge is 0.573 e. The van der Waals surface area contributed by atoms with Crippen molar-refractivity contribution < 1.29 is 22.7 Å². The number of alkyl halides is 3. The summed E-state index contributed by atoms with van der Waals surface area (Å²) in [6, 6.07) is 12.3. The number of hydrogen-bond acceptors (Lipinski definition) is 4. The molecule has 1 aromatic heterocycles. The molecule has 0 aliphatic rings. The van der Waals surface area contributed by atoms with Gasteiger partial charge in [-0.25, -0.2) is 9.67 Å². The van der Waals surface area contributed by atoms with Gasteiger partial charge < -0.3 is 10.1 Å². The second-order valence-corrected chi connectivity index (χ2v) is 5.53. The van der Waals surface area contributed by atoms with Crippen LogP contribution in [-0.4, -0.2) is 27.0 Å². The highest BCUT2D eigenvalue weighted by Crippen LogP contribution is 2.24. The molecule has 9 heteroatoms. The van der Waals surface area contributed by atoms with Crippen LogP contribution in [0.25, 0.3) is 17.1 Å². The number of benzene rings is 2. The van der Waals surface area contributed by atoms with Crippen LogP contribution in [0.5, 0.6) is 5.75 Å². The molecule has 0 aliphatic carbocycles. The van der Waals surface area contributed by atoms with Gasteiger partial charge in [0, 0.05) is 17.7 Å². The molecule has 0 radical (unpaired) electrons. The van der Waals surface area contributed by atoms with E-state index in [4.69, 9.17) is 0 Å². The zero-order valence-electron chi connectivity index (χ0n) is 14.2. The molecule has 1 heterocycles. The van der Waals surface area contributed by atoms with E-state index >= 15 is 0 Å². The Balaban J connectivity index is 1.73. The molecule has 0 aliphatic heterocycles. The van der Waals surface area contributed by atoms with Gasteiger partial charge >= 0.3 is 6.36 Å². The second kappa shape index (κ2) is 7.48. The molecule has 0 fully saturated rings. The lowest BCUT2D eigenvalue weighted by molar-refractivity contribution is -0.274. The molecule has 3 rings (SSSR count). The van der Waals surface area contributed by atoms with Gasteiger partial charge in [-0.2, -0.15) is 0 Å². The number of rotatable bonds is 5. The van der Waals surface area contributed by atoms with Crippen molar-refractivity contribution in [3.8, 4) is 22.8 Å². The SMILES string of the molecule is CCC(=O)Nc1ccc(-c2ncn(-c3ccc(OC(F)(F)F)cc3)n2)cc1. The first-order chi connectivity index (χ1) is 12.8. The Hall–Kier alpha value is -3.36. The fraction of sp³-hybridized carbons (Fsp3) is 0.167. The third-order valence-electron chi connectivity index (χ3n) is 3.57. The monoisotopic (exact) mass is 376 g/mol. The molecule has 0 saturated carbocycles. The first-order valence-electron chi connectivity index (χ1n) is 8.02. The Morgan fingerprint density at radius 3 is 2.37 bits per heavy atom. The van der Waals surface area contributed by atoms with Gasteiger partial charge in [-0.05, 0) is 48.5 Å². The van der Waals surface area contributed by atoms with E-state index in [0.29, 0.717) is 23.6 Å². The molecule has 3 aromatic rings. The topological polar surface area (TPSA) is 69.0 Å². The normalized spacial score (nSPS) is 11.3. The van der Waals surface area contributed by atoms with Crippen molar-refractivity contribution in [2.45, 2.75) is 19.7 Å². The standard InChI is InChI=1S/C18H15F3N4O2/c1-2-16(26)23-13-5-3-12(4-6-13)17-22-11-25(24-17)14-7-9-15(10-8-14)27-18(19,20)21/h3-11H,2H2,1H3,(H,23,26). The van der Waals surface area contributed by atoms with E-state index in [9.17, 15) is 18.0 Å². The van der Waals surface area contributed by atoms with E-state index in [1.807, 2.05) is 0 Å². The first kappa shape index (κ1) is 18.4. The first-order valence-corrected chi connectivity index (χ1v) is 8.02. The van der Waals surface area contributed by atoms with Crippen LogP contribution in [0.1, 0.15) is 13.3 Å². The molecule has 0 unspecified atom stereocenters. The summed E-state index contributed by atoms with van der Waals surface area (Å²) in [5.41, 5.74) is 1.95. The molecule has 0 spiro atoms. The summed E-state index contributed by atoms with van der Waals surface area (Å²) in [7, 11) is 0. The molecule has 6 nitrogen and oxygen atoms in total. The van der Waals surface area contributed by atoms with Gasteiger partial charge in [-0.15, -0.1) is 18.3 Å². The van der Waals surface area contributed by atoms with Gasteiger partial charge in [0.25, 0.3) is 0 Å². The maximum absolute atomic E-state index is 12.2. The summed E-state index contributed by atoms with van der Waals surface area (Å²) in [4.78, 5) is 15.6. The zero-order chi connectivity index (χ0) is 19.4. The van der Waals surface area contributed by atoms with Crippen molar-refractivity contribution >= 4 is 11.6 Å². The number of amides is 1. The Morgan fingerprint density at radius 2 is 1.78 bits per heavy atom. The minimum absolute atomic E-state index is 0.0805. The maximum atomic E-state index is 12.2. The Bertz CT molecular complexity index is 919. The van der Waals surface area contributed by atoms with Gasteiger partial charge in [0.2, 0.25) is 5.91 Å². The van der Waals surface area contributed by atoms with E-state index in [1.54, 1.807) is 31.2 Å². The third-order valence-corrected chi connectivity index (χ3v) is 3.57. The molecular weight excluding hydrogens is 361 g/mol. The molecule has 0 atom stereocenters. The Morgan fingerprint density at radius 1 is 1.11 bits per heavy atom. The molecule has 1 amide bonds. The van der Waals surface area contributed by atoms with Gasteiger partial charge in [0.1, 0.15) is 12.1 Å². The predicted molar refractivity (Wildman–Crippen MR) is 92.4 cm³/mol. The van der Waals surface area contributed by atoms with Gasteiger partial charge in [0.15, 0.2) is 5.82 Å². The molecular formula is C18H15F3N4O2. The van der Waals surface area contributed by atoms with Crippen LogP contribution >= 0.6 is 0 Å². The van der Waals surface area contributed by atoms with E-state index in [-0.39, 0.29) is 11.7 Å². The molecule has 0 saturated heterocycles. The van der Waals surface area contributed by atoms with Crippen molar-refractivity contribution in [3.05, 3.63) is 54.9 Å². The second-order valence-electron chi connectivity index (χ2n) is 5.53. The minimum atomic E-state index is -4.73. The summed E-state index contributed by atoms with van der Waals surface area (Å²) in [5, 5.41) is 7.06. The summed E-state index contributed by atoms with van der Waals surface area (Å²) >= 11 is 0. The van der Waals surface area contributed by atoms with Crippen molar-refractivity contribution in [2.75, 3.05) is 5.32 Å². The smallest absolute Gasteiger partial charge is 0.406 e. The Labute approximate surface area is 152 Å². The molecule has 140 valence electrons. The number of aromatic nitrogens is 3. The summed E-state index contributed by atoms with van der Waals surface area (Å²) in [5.74, 6) is 0.0541. The van der Waals surface area contributed by atoms with Crippen LogP contribution in [-0.2, 0) is 4.79 Å². The number of carbonyl (C=O) groups is 1. The Kier molecular flexibility index (Phi) is 5.11. The summed E-state index contributed by atoms with van der Waals surface area (Å²) in [6.07, 6.45) is -2.88. The van der Waals surface area contributed by atoms with Gasteiger partial charge in [-0.1, -0.05) is 6.92 Å². The highest BCUT2D eigenvalue weighted by molar-refractivity contribution is 5.90. The van der Waals surface area contributed by atoms with Crippen LogP contribution in [0, 0.1) is 0 Å². The number of anilines is 1. The van der Waals surface area contributed by atoms with Crippen LogP contribution in [0.15, 0.2) is 54.9 Å². The third kappa shape index (κ3) is 4.84. The van der Waals surface area contributed by atoms with Crippen LogP contribution < -0.4 is 10.1 Å². The number of ether oxygens (including phenoxy) is 1. The van der Waals surface area contributed by atoms with Crippen LogP contribution in [0.3, 0.4) is 0 Å². The molecule has 0 bridgehead atoms. The lowest BCUT2D eigenvalue weighted by Gasteiger charge is -2.09. The predicted octanol–water partition coefficient (Wildman–Crippen LogP) is 4.18. The number of carbonyl (C=O) groups excluding carboxylic acids is 1. The average molecular weight is 376 g/mol.